The molecule has 0 bridgehead atoms. The molecule has 20 heavy (non-hydrogen) atoms. The molecule has 6 nitrogen and oxygen atoms in total. The van der Waals surface area contributed by atoms with Crippen LogP contribution in [0.3, 0.4) is 0 Å². The number of carbonyl (C=O) groups excluding carboxylic acids is 2. The van der Waals surface area contributed by atoms with E-state index in [1.807, 2.05) is 0 Å². The van der Waals surface area contributed by atoms with E-state index in [0.29, 0.717) is 13.0 Å². The van der Waals surface area contributed by atoms with Gasteiger partial charge in [0.2, 0.25) is 5.91 Å². The van der Waals surface area contributed by atoms with Crippen molar-refractivity contribution >= 4 is 11.9 Å². The summed E-state index contributed by atoms with van der Waals surface area (Å²) in [6.07, 6.45) is 3.53. The zero-order valence-corrected chi connectivity index (χ0v) is 11.9. The number of hydrogen-bond donors (Lipinski definition) is 2. The van der Waals surface area contributed by atoms with Crippen LogP contribution in [0.4, 0.5) is 0 Å². The van der Waals surface area contributed by atoms with Crippen molar-refractivity contribution in [2.75, 3.05) is 33.4 Å². The number of piperidine rings is 1. The lowest BCUT2D eigenvalue weighted by Gasteiger charge is -2.27. The number of hydrogen-bond acceptors (Lipinski definition) is 5. The molecular formula is C14H22N2O4. The third kappa shape index (κ3) is 2.20. The second kappa shape index (κ2) is 5.00. The highest BCUT2D eigenvalue weighted by Gasteiger charge is 2.59. The van der Waals surface area contributed by atoms with Gasteiger partial charge in [-0.15, -0.1) is 0 Å². The van der Waals surface area contributed by atoms with Crippen molar-refractivity contribution in [2.45, 2.75) is 31.2 Å². The first-order chi connectivity index (χ1) is 9.62. The summed E-state index contributed by atoms with van der Waals surface area (Å²) in [6, 6.07) is 0. The second-order valence-corrected chi connectivity index (χ2v) is 6.23. The first-order valence-corrected chi connectivity index (χ1v) is 7.31. The summed E-state index contributed by atoms with van der Waals surface area (Å²) >= 11 is 0. The third-order valence-corrected chi connectivity index (χ3v) is 5.07. The fraction of sp³-hybridized carbons (Fsp3) is 0.857. The normalized spacial score (nSPS) is 34.8. The Morgan fingerprint density at radius 1 is 1.30 bits per heavy atom. The van der Waals surface area contributed by atoms with Crippen LogP contribution in [0, 0.1) is 11.3 Å². The third-order valence-electron chi connectivity index (χ3n) is 5.07. The van der Waals surface area contributed by atoms with Crippen LogP contribution >= 0.6 is 0 Å². The van der Waals surface area contributed by atoms with E-state index in [0.717, 1.165) is 32.4 Å². The molecule has 0 aromatic rings. The van der Waals surface area contributed by atoms with Crippen molar-refractivity contribution < 1.29 is 19.1 Å². The van der Waals surface area contributed by atoms with Gasteiger partial charge in [0.05, 0.1) is 13.7 Å². The number of ether oxygens (including phenoxy) is 2. The quantitative estimate of drug-likeness (QED) is 0.703. The van der Waals surface area contributed by atoms with Crippen molar-refractivity contribution in [1.82, 2.24) is 10.6 Å². The Hall–Kier alpha value is -1.14. The first-order valence-electron chi connectivity index (χ1n) is 7.31. The molecule has 6 heteroatoms. The number of esters is 1. The molecule has 0 aromatic carbocycles. The Morgan fingerprint density at radius 2 is 2.05 bits per heavy atom. The number of nitrogens with one attached hydrogen (secondary N) is 2. The number of rotatable bonds is 3. The molecule has 1 aliphatic carbocycles. The van der Waals surface area contributed by atoms with Gasteiger partial charge in [-0.1, -0.05) is 0 Å². The van der Waals surface area contributed by atoms with Crippen LogP contribution in [0.2, 0.25) is 0 Å². The van der Waals surface area contributed by atoms with Crippen molar-refractivity contribution in [3.63, 3.8) is 0 Å². The minimum Gasteiger partial charge on any atom is -0.467 e. The lowest BCUT2D eigenvalue weighted by atomic mass is 9.91. The van der Waals surface area contributed by atoms with Gasteiger partial charge in [-0.2, -0.15) is 0 Å². The van der Waals surface area contributed by atoms with E-state index >= 15 is 0 Å². The molecule has 2 aliphatic heterocycles. The fourth-order valence-corrected chi connectivity index (χ4v) is 3.59. The molecule has 0 aromatic heterocycles. The van der Waals surface area contributed by atoms with Gasteiger partial charge in [0, 0.05) is 18.9 Å². The second-order valence-electron chi connectivity index (χ2n) is 6.23. The van der Waals surface area contributed by atoms with Gasteiger partial charge in [0.25, 0.3) is 0 Å². The summed E-state index contributed by atoms with van der Waals surface area (Å²) in [5, 5.41) is 6.24. The average Bonchev–Trinajstić information content (AvgIpc) is 2.95. The molecule has 3 fully saturated rings. The van der Waals surface area contributed by atoms with E-state index in [1.54, 1.807) is 0 Å². The topological polar surface area (TPSA) is 76.7 Å². The van der Waals surface area contributed by atoms with E-state index in [4.69, 9.17) is 9.47 Å². The van der Waals surface area contributed by atoms with Crippen LogP contribution < -0.4 is 10.6 Å². The molecule has 112 valence electrons. The van der Waals surface area contributed by atoms with Crippen LogP contribution in [-0.2, 0) is 19.1 Å². The van der Waals surface area contributed by atoms with Gasteiger partial charge in [0.1, 0.15) is 0 Å². The molecule has 1 saturated carbocycles. The molecule has 2 unspecified atom stereocenters. The van der Waals surface area contributed by atoms with Crippen LogP contribution in [0.1, 0.15) is 25.7 Å². The monoisotopic (exact) mass is 282 g/mol. The highest BCUT2D eigenvalue weighted by molar-refractivity contribution is 5.91. The fourth-order valence-electron chi connectivity index (χ4n) is 3.59. The summed E-state index contributed by atoms with van der Waals surface area (Å²) in [5.74, 6) is -0.363. The lowest BCUT2D eigenvalue weighted by Crippen LogP contribution is -2.56. The highest BCUT2D eigenvalue weighted by atomic mass is 16.5. The zero-order valence-electron chi connectivity index (χ0n) is 11.9. The minimum atomic E-state index is -0.970. The maximum atomic E-state index is 12.5. The molecule has 2 heterocycles. The van der Waals surface area contributed by atoms with Gasteiger partial charge in [-0.25, -0.2) is 4.79 Å². The number of amides is 1. The number of methoxy groups -OCH3 is 1. The van der Waals surface area contributed by atoms with Crippen molar-refractivity contribution in [1.29, 1.82) is 0 Å². The van der Waals surface area contributed by atoms with Gasteiger partial charge < -0.3 is 20.1 Å². The maximum Gasteiger partial charge on any atom is 0.334 e. The summed E-state index contributed by atoms with van der Waals surface area (Å²) < 4.78 is 10.1. The van der Waals surface area contributed by atoms with E-state index < -0.39 is 11.5 Å². The van der Waals surface area contributed by atoms with Crippen molar-refractivity contribution in [2.24, 2.45) is 11.3 Å². The average molecular weight is 282 g/mol. The van der Waals surface area contributed by atoms with Gasteiger partial charge in [-0.05, 0) is 37.8 Å². The summed E-state index contributed by atoms with van der Waals surface area (Å²) in [7, 11) is 1.35. The SMILES string of the molecule is COC(=O)C1(NC(=O)C2CC23CCNCC3)CCOC1. The Bertz CT molecular complexity index is 411. The van der Waals surface area contributed by atoms with Crippen LogP contribution in [-0.4, -0.2) is 50.8 Å². The minimum absolute atomic E-state index is 0.0113. The molecule has 1 amide bonds. The highest BCUT2D eigenvalue weighted by Crippen LogP contribution is 2.58. The van der Waals surface area contributed by atoms with Gasteiger partial charge >= 0.3 is 5.97 Å². The largest absolute Gasteiger partial charge is 0.467 e. The summed E-state index contributed by atoms with van der Waals surface area (Å²) in [5.41, 5.74) is -0.797. The Morgan fingerprint density at radius 3 is 2.65 bits per heavy atom. The molecule has 3 aliphatic rings. The van der Waals surface area contributed by atoms with E-state index in [1.165, 1.54) is 7.11 Å². The predicted molar refractivity (Wildman–Crippen MR) is 71.0 cm³/mol. The first kappa shape index (κ1) is 13.8. The van der Waals surface area contributed by atoms with Crippen LogP contribution in [0.25, 0.3) is 0 Å². The zero-order chi connectivity index (χ0) is 14.2. The van der Waals surface area contributed by atoms with Gasteiger partial charge in [-0.3, -0.25) is 4.79 Å². The maximum absolute atomic E-state index is 12.5. The Kier molecular flexibility index (Phi) is 3.46. The lowest BCUT2D eigenvalue weighted by molar-refractivity contribution is -0.151. The van der Waals surface area contributed by atoms with Crippen molar-refractivity contribution in [3.05, 3.63) is 0 Å². The molecule has 1 spiro atoms. The molecule has 2 atom stereocenters. The van der Waals surface area contributed by atoms with Gasteiger partial charge in [0.15, 0.2) is 5.54 Å². The molecule has 0 radical (unpaired) electrons. The Balaban J connectivity index is 1.65. The van der Waals surface area contributed by atoms with Crippen molar-refractivity contribution in [3.8, 4) is 0 Å². The number of carbonyl (C=O) groups is 2. The molecular weight excluding hydrogens is 260 g/mol. The smallest absolute Gasteiger partial charge is 0.334 e. The van der Waals surface area contributed by atoms with Crippen LogP contribution in [0.5, 0.6) is 0 Å². The molecule has 2 N–H and O–H groups in total. The summed E-state index contributed by atoms with van der Waals surface area (Å²) in [6.45, 7) is 2.66. The molecule has 3 rings (SSSR count). The van der Waals surface area contributed by atoms with E-state index in [-0.39, 0.29) is 23.8 Å². The summed E-state index contributed by atoms with van der Waals surface area (Å²) in [4.78, 5) is 24.4. The van der Waals surface area contributed by atoms with E-state index in [2.05, 4.69) is 10.6 Å². The van der Waals surface area contributed by atoms with Crippen LogP contribution in [0.15, 0.2) is 0 Å². The predicted octanol–water partition coefficient (Wildman–Crippen LogP) is -0.176. The Labute approximate surface area is 118 Å². The van der Waals surface area contributed by atoms with E-state index in [9.17, 15) is 9.59 Å². The molecule has 2 saturated heterocycles. The standard InChI is InChI=1S/C14H22N2O4/c1-19-12(18)14(4-7-20-9-14)16-11(17)10-8-13(10)2-5-15-6-3-13/h10,15H,2-9H2,1H3,(H,16,17).